The minimum Gasteiger partial charge on any atom is -0.498 e. The van der Waals surface area contributed by atoms with Crippen LogP contribution in [0.25, 0.3) is 0 Å². The van der Waals surface area contributed by atoms with Crippen molar-refractivity contribution in [1.29, 1.82) is 0 Å². The van der Waals surface area contributed by atoms with Crippen molar-refractivity contribution in [3.05, 3.63) is 24.5 Å². The molecule has 0 aliphatic carbocycles. The molecule has 1 atom stereocenters. The summed E-state index contributed by atoms with van der Waals surface area (Å²) in [7, 11) is -4.66. The summed E-state index contributed by atoms with van der Waals surface area (Å²) in [5, 5.41) is 0. The number of ether oxygens (including phenoxy) is 2. The minimum atomic E-state index is -4.66. The van der Waals surface area contributed by atoms with E-state index < -0.39 is 26.5 Å². The van der Waals surface area contributed by atoms with E-state index in [9.17, 15) is 9.36 Å². The number of phosphoric acid groups is 1. The van der Waals surface area contributed by atoms with Gasteiger partial charge in [-0.05, 0) is 51.0 Å². The van der Waals surface area contributed by atoms with E-state index in [4.69, 9.17) is 19.3 Å². The molecule has 0 fully saturated rings. The van der Waals surface area contributed by atoms with Crippen molar-refractivity contribution in [3.63, 3.8) is 0 Å². The van der Waals surface area contributed by atoms with E-state index in [2.05, 4.69) is 30.5 Å². The Bertz CT molecular complexity index is 734. The Morgan fingerprint density at radius 3 is 1.42 bits per heavy atom. The number of rotatable bonds is 35. The number of hydrogen-bond acceptors (Lipinski definition) is 5. The second-order valence-electron chi connectivity index (χ2n) is 12.6. The normalized spacial score (nSPS) is 12.8. The van der Waals surface area contributed by atoms with Gasteiger partial charge >= 0.3 is 13.8 Å². The topological polar surface area (TPSA) is 102 Å². The van der Waals surface area contributed by atoms with Gasteiger partial charge in [0, 0.05) is 6.42 Å². The van der Waals surface area contributed by atoms with Gasteiger partial charge in [-0.2, -0.15) is 0 Å². The Morgan fingerprint density at radius 1 is 0.578 bits per heavy atom. The van der Waals surface area contributed by atoms with E-state index in [1.807, 2.05) is 6.08 Å². The molecule has 0 rings (SSSR count). The molecule has 266 valence electrons. The van der Waals surface area contributed by atoms with Crippen LogP contribution in [0.4, 0.5) is 0 Å². The van der Waals surface area contributed by atoms with Crippen molar-refractivity contribution in [2.24, 2.45) is 0 Å². The molecule has 0 radical (unpaired) electrons. The highest BCUT2D eigenvalue weighted by atomic mass is 31.2. The predicted octanol–water partition coefficient (Wildman–Crippen LogP) is 11.7. The molecule has 0 heterocycles. The van der Waals surface area contributed by atoms with Crippen LogP contribution in [0.15, 0.2) is 24.5 Å². The van der Waals surface area contributed by atoms with Gasteiger partial charge in [0.1, 0.15) is 6.61 Å². The first-order valence-corrected chi connectivity index (χ1v) is 20.2. The fourth-order valence-corrected chi connectivity index (χ4v) is 5.64. The number of unbranched alkanes of at least 4 members (excludes halogenated alkanes) is 23. The molecule has 0 amide bonds. The van der Waals surface area contributed by atoms with Gasteiger partial charge in [-0.3, -0.25) is 9.32 Å². The highest BCUT2D eigenvalue weighted by molar-refractivity contribution is 7.46. The van der Waals surface area contributed by atoms with Crippen LogP contribution < -0.4 is 0 Å². The molecule has 0 aliphatic heterocycles. The van der Waals surface area contributed by atoms with Gasteiger partial charge in [-0.15, -0.1) is 0 Å². The molecule has 8 heteroatoms. The lowest BCUT2D eigenvalue weighted by molar-refractivity contribution is -0.153. The van der Waals surface area contributed by atoms with E-state index >= 15 is 0 Å². The third kappa shape index (κ3) is 37.2. The maximum atomic E-state index is 12.3. The van der Waals surface area contributed by atoms with Crippen molar-refractivity contribution in [2.45, 2.75) is 193 Å². The average molecular weight is 659 g/mol. The predicted molar refractivity (Wildman–Crippen MR) is 188 cm³/mol. The van der Waals surface area contributed by atoms with Crippen molar-refractivity contribution >= 4 is 13.8 Å². The van der Waals surface area contributed by atoms with E-state index in [0.717, 1.165) is 44.9 Å². The first-order valence-electron chi connectivity index (χ1n) is 18.7. The van der Waals surface area contributed by atoms with Crippen LogP contribution in [0.3, 0.4) is 0 Å². The van der Waals surface area contributed by atoms with Gasteiger partial charge in [0.05, 0.1) is 12.9 Å². The summed E-state index contributed by atoms with van der Waals surface area (Å²) >= 11 is 0. The van der Waals surface area contributed by atoms with E-state index in [1.54, 1.807) is 6.26 Å². The average Bonchev–Trinajstić information content (AvgIpc) is 3.01. The minimum absolute atomic E-state index is 0.00689. The number of allylic oxidation sites excluding steroid dienone is 3. The van der Waals surface area contributed by atoms with Crippen molar-refractivity contribution in [1.82, 2.24) is 0 Å². The Labute approximate surface area is 277 Å². The zero-order valence-corrected chi connectivity index (χ0v) is 30.2. The summed E-state index contributed by atoms with van der Waals surface area (Å²) in [6, 6.07) is 0. The molecule has 0 bridgehead atoms. The second-order valence-corrected chi connectivity index (χ2v) is 13.9. The zero-order valence-electron chi connectivity index (χ0n) is 29.3. The molecular formula is C37H71O7P. The molecule has 7 nitrogen and oxygen atoms in total. The maximum absolute atomic E-state index is 12.3. The molecule has 0 saturated carbocycles. The molecule has 0 aliphatic rings. The maximum Gasteiger partial charge on any atom is 0.469 e. The molecule has 45 heavy (non-hydrogen) atoms. The second kappa shape index (κ2) is 34.2. The molecule has 2 N–H and O–H groups in total. The molecule has 0 aromatic rings. The van der Waals surface area contributed by atoms with Crippen LogP contribution in [0.2, 0.25) is 0 Å². The molecule has 0 spiro atoms. The lowest BCUT2D eigenvalue weighted by atomic mass is 10.0. The monoisotopic (exact) mass is 658 g/mol. The first-order chi connectivity index (χ1) is 21.9. The van der Waals surface area contributed by atoms with Gasteiger partial charge in [0.15, 0.2) is 6.10 Å². The smallest absolute Gasteiger partial charge is 0.469 e. The number of carbonyl (C=O) groups is 1. The fourth-order valence-electron chi connectivity index (χ4n) is 5.28. The van der Waals surface area contributed by atoms with Gasteiger partial charge < -0.3 is 19.3 Å². The third-order valence-corrected chi connectivity index (χ3v) is 8.55. The van der Waals surface area contributed by atoms with Crippen molar-refractivity contribution in [2.75, 3.05) is 13.2 Å². The number of esters is 1. The summed E-state index contributed by atoms with van der Waals surface area (Å²) in [4.78, 5) is 30.4. The summed E-state index contributed by atoms with van der Waals surface area (Å²) < 4.78 is 26.6. The molecule has 0 saturated heterocycles. The summed E-state index contributed by atoms with van der Waals surface area (Å²) in [6.07, 6.45) is 39.7. The van der Waals surface area contributed by atoms with Gasteiger partial charge in [-0.1, -0.05) is 148 Å². The van der Waals surface area contributed by atoms with Crippen LogP contribution in [-0.2, 0) is 23.4 Å². The molecular weight excluding hydrogens is 587 g/mol. The Balaban J connectivity index is 3.90. The SMILES string of the molecule is CCCCCCCC/C=C\CCCCCCCC(=O)O[C@H](CO/C=C\CCCCCCCCCCCCCC)COP(=O)(O)O. The standard InChI is InChI=1S/C37H71O7P/c1-3-5-7-9-11-13-15-17-19-20-22-24-26-28-30-32-37(38)44-36(35-43-45(39,40)41)34-42-33-31-29-27-25-23-21-18-16-14-12-10-8-6-4-2/h17,19,31,33,36H,3-16,18,20-30,32,34-35H2,1-2H3,(H2,39,40,41)/b19-17-,33-31-/t36-/m1/s1. The van der Waals surface area contributed by atoms with E-state index in [0.29, 0.717) is 0 Å². The van der Waals surface area contributed by atoms with Gasteiger partial charge in [0.2, 0.25) is 0 Å². The Morgan fingerprint density at radius 2 is 0.978 bits per heavy atom. The Hall–Kier alpha value is -1.14. The largest absolute Gasteiger partial charge is 0.498 e. The molecule has 0 unspecified atom stereocenters. The number of phosphoric ester groups is 1. The lowest BCUT2D eigenvalue weighted by Crippen LogP contribution is -2.27. The zero-order chi connectivity index (χ0) is 33.1. The van der Waals surface area contributed by atoms with E-state index in [-0.39, 0.29) is 13.0 Å². The van der Waals surface area contributed by atoms with Gasteiger partial charge in [-0.25, -0.2) is 4.57 Å². The van der Waals surface area contributed by atoms with Crippen molar-refractivity contribution < 1.29 is 33.1 Å². The highest BCUT2D eigenvalue weighted by Crippen LogP contribution is 2.35. The molecule has 0 aromatic carbocycles. The third-order valence-electron chi connectivity index (χ3n) is 8.07. The summed E-state index contributed by atoms with van der Waals surface area (Å²) in [5.74, 6) is -0.393. The van der Waals surface area contributed by atoms with Crippen molar-refractivity contribution in [3.8, 4) is 0 Å². The number of carbonyl (C=O) groups excluding carboxylic acids is 1. The Kier molecular flexibility index (Phi) is 33.3. The summed E-state index contributed by atoms with van der Waals surface area (Å²) in [6.45, 7) is 4.09. The van der Waals surface area contributed by atoms with Crippen LogP contribution >= 0.6 is 7.82 Å². The van der Waals surface area contributed by atoms with Crippen LogP contribution in [0.5, 0.6) is 0 Å². The van der Waals surface area contributed by atoms with Gasteiger partial charge in [0.25, 0.3) is 0 Å². The lowest BCUT2D eigenvalue weighted by Gasteiger charge is -2.18. The first kappa shape index (κ1) is 43.9. The van der Waals surface area contributed by atoms with Crippen LogP contribution in [0, 0.1) is 0 Å². The highest BCUT2D eigenvalue weighted by Gasteiger charge is 2.21. The number of hydrogen-bond donors (Lipinski definition) is 2. The van der Waals surface area contributed by atoms with Crippen LogP contribution in [0.1, 0.15) is 187 Å². The molecule has 0 aromatic heterocycles. The van der Waals surface area contributed by atoms with Crippen LogP contribution in [-0.4, -0.2) is 35.1 Å². The van der Waals surface area contributed by atoms with E-state index in [1.165, 1.54) is 122 Å². The quantitative estimate of drug-likeness (QED) is 0.0230. The summed E-state index contributed by atoms with van der Waals surface area (Å²) in [5.41, 5.74) is 0. The fraction of sp³-hybridized carbons (Fsp3) is 0.865.